The molecule has 1 heterocycles. The number of nitriles is 1. The van der Waals surface area contributed by atoms with Gasteiger partial charge in [0.15, 0.2) is 0 Å². The zero-order valence-electron chi connectivity index (χ0n) is 11.2. The minimum atomic E-state index is 0.439. The van der Waals surface area contributed by atoms with Crippen molar-refractivity contribution in [2.24, 2.45) is 5.41 Å². The highest BCUT2D eigenvalue weighted by Crippen LogP contribution is 2.49. The van der Waals surface area contributed by atoms with Crippen LogP contribution in [-0.4, -0.2) is 16.0 Å². The van der Waals surface area contributed by atoms with Gasteiger partial charge in [-0.05, 0) is 37.2 Å². The van der Waals surface area contributed by atoms with Crippen LogP contribution in [0, 0.1) is 16.7 Å². The van der Waals surface area contributed by atoms with E-state index in [2.05, 4.69) is 21.4 Å². The van der Waals surface area contributed by atoms with Crippen molar-refractivity contribution in [2.75, 3.05) is 5.32 Å². The fourth-order valence-corrected chi connectivity index (χ4v) is 3.86. The van der Waals surface area contributed by atoms with Crippen LogP contribution >= 0.6 is 0 Å². The molecule has 2 aliphatic rings. The standard InChI is InChI=1S/C15H20N4/c16-11-12-6-10-17-14(18-12)19-13-5-1-2-7-15(13)8-3-4-9-15/h6,10,13H,1-5,7-9H2,(H,17,18,19). The van der Waals surface area contributed by atoms with E-state index < -0.39 is 0 Å². The molecule has 1 N–H and O–H groups in total. The number of aromatic nitrogens is 2. The van der Waals surface area contributed by atoms with E-state index in [4.69, 9.17) is 5.26 Å². The van der Waals surface area contributed by atoms with Crippen LogP contribution in [0.3, 0.4) is 0 Å². The first kappa shape index (κ1) is 12.4. The van der Waals surface area contributed by atoms with Crippen molar-refractivity contribution < 1.29 is 0 Å². The monoisotopic (exact) mass is 256 g/mol. The molecule has 0 aliphatic heterocycles. The van der Waals surface area contributed by atoms with Gasteiger partial charge in [0.25, 0.3) is 0 Å². The Hall–Kier alpha value is -1.63. The highest BCUT2D eigenvalue weighted by molar-refractivity contribution is 5.32. The van der Waals surface area contributed by atoms with Crippen LogP contribution in [0.15, 0.2) is 12.3 Å². The average molecular weight is 256 g/mol. The average Bonchev–Trinajstić information content (AvgIpc) is 2.91. The Labute approximate surface area is 114 Å². The van der Waals surface area contributed by atoms with Gasteiger partial charge in [0.05, 0.1) is 0 Å². The maximum absolute atomic E-state index is 8.90. The molecule has 2 aliphatic carbocycles. The summed E-state index contributed by atoms with van der Waals surface area (Å²) < 4.78 is 0. The van der Waals surface area contributed by atoms with Crippen LogP contribution in [0.4, 0.5) is 5.95 Å². The molecule has 1 spiro atoms. The number of anilines is 1. The minimum Gasteiger partial charge on any atom is -0.351 e. The van der Waals surface area contributed by atoms with Crippen LogP contribution in [0.1, 0.15) is 57.1 Å². The van der Waals surface area contributed by atoms with Crippen molar-refractivity contribution in [3.05, 3.63) is 18.0 Å². The van der Waals surface area contributed by atoms with E-state index in [1.54, 1.807) is 12.3 Å². The van der Waals surface area contributed by atoms with Crippen LogP contribution in [0.25, 0.3) is 0 Å². The molecule has 0 saturated heterocycles. The van der Waals surface area contributed by atoms with E-state index in [9.17, 15) is 0 Å². The molecule has 0 amide bonds. The molecule has 1 atom stereocenters. The molecule has 2 fully saturated rings. The molecular weight excluding hydrogens is 236 g/mol. The maximum Gasteiger partial charge on any atom is 0.224 e. The molecule has 2 saturated carbocycles. The Bertz CT molecular complexity index is 485. The second-order valence-electron chi connectivity index (χ2n) is 5.89. The van der Waals surface area contributed by atoms with Gasteiger partial charge in [0, 0.05) is 12.2 Å². The lowest BCUT2D eigenvalue weighted by Crippen LogP contribution is -2.41. The van der Waals surface area contributed by atoms with Crippen molar-refractivity contribution in [2.45, 2.75) is 57.4 Å². The first-order chi connectivity index (χ1) is 9.32. The Morgan fingerprint density at radius 2 is 1.95 bits per heavy atom. The fourth-order valence-electron chi connectivity index (χ4n) is 3.86. The first-order valence-electron chi connectivity index (χ1n) is 7.32. The SMILES string of the molecule is N#Cc1ccnc(NC2CCCCC23CCCC3)n1. The summed E-state index contributed by atoms with van der Waals surface area (Å²) in [6.07, 6.45) is 12.2. The highest BCUT2D eigenvalue weighted by Gasteiger charge is 2.42. The summed E-state index contributed by atoms with van der Waals surface area (Å²) in [7, 11) is 0. The number of hydrogen-bond acceptors (Lipinski definition) is 4. The van der Waals surface area contributed by atoms with Crippen molar-refractivity contribution in [3.63, 3.8) is 0 Å². The highest BCUT2D eigenvalue weighted by atomic mass is 15.1. The largest absolute Gasteiger partial charge is 0.351 e. The molecular formula is C15H20N4. The smallest absolute Gasteiger partial charge is 0.224 e. The molecule has 1 aromatic heterocycles. The lowest BCUT2D eigenvalue weighted by atomic mass is 9.69. The third kappa shape index (κ3) is 2.42. The molecule has 0 bridgehead atoms. The van der Waals surface area contributed by atoms with Gasteiger partial charge in [-0.2, -0.15) is 5.26 Å². The van der Waals surface area contributed by atoms with E-state index in [1.165, 1.54) is 51.4 Å². The summed E-state index contributed by atoms with van der Waals surface area (Å²) in [5.74, 6) is 0.622. The topological polar surface area (TPSA) is 61.6 Å². The van der Waals surface area contributed by atoms with Crippen molar-refractivity contribution in [1.29, 1.82) is 5.26 Å². The van der Waals surface area contributed by atoms with Gasteiger partial charge in [-0.25, -0.2) is 9.97 Å². The number of hydrogen-bond donors (Lipinski definition) is 1. The van der Waals surface area contributed by atoms with E-state index in [-0.39, 0.29) is 0 Å². The third-order valence-electron chi connectivity index (χ3n) is 4.83. The molecule has 3 rings (SSSR count). The molecule has 0 aromatic carbocycles. The maximum atomic E-state index is 8.90. The number of nitrogens with one attached hydrogen (secondary N) is 1. The van der Waals surface area contributed by atoms with Gasteiger partial charge < -0.3 is 5.32 Å². The second kappa shape index (κ2) is 5.16. The van der Waals surface area contributed by atoms with Crippen LogP contribution in [0.2, 0.25) is 0 Å². The molecule has 4 nitrogen and oxygen atoms in total. The summed E-state index contributed by atoms with van der Waals surface area (Å²) >= 11 is 0. The second-order valence-corrected chi connectivity index (χ2v) is 5.89. The zero-order valence-corrected chi connectivity index (χ0v) is 11.2. The van der Waals surface area contributed by atoms with Gasteiger partial charge in [0.1, 0.15) is 11.8 Å². The molecule has 19 heavy (non-hydrogen) atoms. The summed E-state index contributed by atoms with van der Waals surface area (Å²) in [5, 5.41) is 12.4. The van der Waals surface area contributed by atoms with Gasteiger partial charge >= 0.3 is 0 Å². The summed E-state index contributed by atoms with van der Waals surface area (Å²) in [6.45, 7) is 0. The predicted octanol–water partition coefficient (Wildman–Crippen LogP) is 3.26. The lowest BCUT2D eigenvalue weighted by molar-refractivity contribution is 0.172. The Morgan fingerprint density at radius 1 is 1.21 bits per heavy atom. The van der Waals surface area contributed by atoms with Crippen molar-refractivity contribution >= 4 is 5.95 Å². The van der Waals surface area contributed by atoms with Crippen molar-refractivity contribution in [1.82, 2.24) is 9.97 Å². The van der Waals surface area contributed by atoms with E-state index in [0.717, 1.165) is 0 Å². The molecule has 0 radical (unpaired) electrons. The summed E-state index contributed by atoms with van der Waals surface area (Å²) in [5.41, 5.74) is 0.901. The van der Waals surface area contributed by atoms with Crippen LogP contribution in [0.5, 0.6) is 0 Å². The summed E-state index contributed by atoms with van der Waals surface area (Å²) in [6, 6.07) is 4.21. The third-order valence-corrected chi connectivity index (χ3v) is 4.83. The fraction of sp³-hybridized carbons (Fsp3) is 0.667. The number of rotatable bonds is 2. The predicted molar refractivity (Wildman–Crippen MR) is 73.5 cm³/mol. The Morgan fingerprint density at radius 3 is 2.68 bits per heavy atom. The van der Waals surface area contributed by atoms with Crippen LogP contribution < -0.4 is 5.32 Å². The summed E-state index contributed by atoms with van der Waals surface area (Å²) in [4.78, 5) is 8.52. The normalized spacial score (nSPS) is 25.1. The van der Waals surface area contributed by atoms with Gasteiger partial charge in [-0.1, -0.05) is 25.7 Å². The van der Waals surface area contributed by atoms with Gasteiger partial charge in [-0.3, -0.25) is 0 Å². The quantitative estimate of drug-likeness (QED) is 0.882. The van der Waals surface area contributed by atoms with Gasteiger partial charge in [-0.15, -0.1) is 0 Å². The first-order valence-corrected chi connectivity index (χ1v) is 7.32. The lowest BCUT2D eigenvalue weighted by Gasteiger charge is -2.42. The zero-order chi connectivity index (χ0) is 13.1. The molecule has 1 aromatic rings. The Kier molecular flexibility index (Phi) is 3.37. The molecule has 4 heteroatoms. The molecule has 100 valence electrons. The van der Waals surface area contributed by atoms with Crippen LogP contribution in [-0.2, 0) is 0 Å². The van der Waals surface area contributed by atoms with Crippen molar-refractivity contribution in [3.8, 4) is 6.07 Å². The van der Waals surface area contributed by atoms with E-state index >= 15 is 0 Å². The Balaban J connectivity index is 1.78. The molecule has 1 unspecified atom stereocenters. The van der Waals surface area contributed by atoms with E-state index in [1.807, 2.05) is 0 Å². The van der Waals surface area contributed by atoms with E-state index in [0.29, 0.717) is 23.1 Å². The minimum absolute atomic E-state index is 0.439. The number of nitrogens with zero attached hydrogens (tertiary/aromatic N) is 3. The van der Waals surface area contributed by atoms with Gasteiger partial charge in [0.2, 0.25) is 5.95 Å².